The van der Waals surface area contributed by atoms with Crippen LogP contribution in [0.2, 0.25) is 5.02 Å². The number of fused-ring (bicyclic) bond motifs is 1. The summed E-state index contributed by atoms with van der Waals surface area (Å²) in [6, 6.07) is 7.75. The monoisotopic (exact) mass is 342 g/mol. The molecule has 0 spiro atoms. The van der Waals surface area contributed by atoms with E-state index < -0.39 is 0 Å². The van der Waals surface area contributed by atoms with Crippen molar-refractivity contribution in [1.82, 2.24) is 14.5 Å². The third kappa shape index (κ3) is 2.85. The number of imidazole rings is 1. The van der Waals surface area contributed by atoms with Gasteiger partial charge in [-0.15, -0.1) is 0 Å². The molecule has 1 saturated heterocycles. The molecule has 1 N–H and O–H groups in total. The van der Waals surface area contributed by atoms with Crippen molar-refractivity contribution >= 4 is 28.2 Å². The molecule has 0 saturated carbocycles. The molecule has 4 rings (SSSR count). The predicted octanol–water partition coefficient (Wildman–Crippen LogP) is 3.81. The van der Waals surface area contributed by atoms with Gasteiger partial charge in [-0.05, 0) is 30.7 Å². The Hall–Kier alpha value is -2.11. The highest BCUT2D eigenvalue weighted by molar-refractivity contribution is 6.31. The van der Waals surface area contributed by atoms with E-state index in [-0.39, 0.29) is 6.10 Å². The lowest BCUT2D eigenvalue weighted by Gasteiger charge is -2.20. The Labute approximate surface area is 145 Å². The molecule has 6 heteroatoms. The van der Waals surface area contributed by atoms with Crippen molar-refractivity contribution in [3.05, 3.63) is 53.7 Å². The number of aryl methyl sites for hydroxylation is 1. The first-order valence-corrected chi connectivity index (χ1v) is 8.47. The summed E-state index contributed by atoms with van der Waals surface area (Å²) in [6.45, 7) is 1.59. The van der Waals surface area contributed by atoms with Crippen LogP contribution < -0.4 is 5.32 Å². The summed E-state index contributed by atoms with van der Waals surface area (Å²) < 4.78 is 7.96. The fourth-order valence-corrected chi connectivity index (χ4v) is 3.47. The van der Waals surface area contributed by atoms with Crippen molar-refractivity contribution in [2.75, 3.05) is 18.5 Å². The van der Waals surface area contributed by atoms with Gasteiger partial charge in [-0.1, -0.05) is 11.6 Å². The number of anilines is 1. The van der Waals surface area contributed by atoms with Gasteiger partial charge < -0.3 is 14.6 Å². The maximum atomic E-state index is 6.14. The molecule has 0 amide bonds. The SMILES string of the molecule is Cn1ccnc1[C@@H]1OCC[C@H]1CNc1ccnc2ccc(Cl)cc12. The molecular formula is C18H19ClN4O. The second-order valence-corrected chi connectivity index (χ2v) is 6.57. The lowest BCUT2D eigenvalue weighted by Crippen LogP contribution is -2.20. The average molecular weight is 343 g/mol. The molecule has 124 valence electrons. The first-order valence-electron chi connectivity index (χ1n) is 8.09. The zero-order chi connectivity index (χ0) is 16.5. The van der Waals surface area contributed by atoms with Gasteiger partial charge in [-0.25, -0.2) is 4.98 Å². The van der Waals surface area contributed by atoms with E-state index in [1.54, 1.807) is 0 Å². The number of nitrogens with one attached hydrogen (secondary N) is 1. The van der Waals surface area contributed by atoms with E-state index in [4.69, 9.17) is 16.3 Å². The zero-order valence-corrected chi connectivity index (χ0v) is 14.2. The van der Waals surface area contributed by atoms with Crippen molar-refractivity contribution in [2.24, 2.45) is 13.0 Å². The molecule has 3 aromatic rings. The van der Waals surface area contributed by atoms with Crippen LogP contribution in [0.25, 0.3) is 10.9 Å². The normalized spacial score (nSPS) is 20.6. The Morgan fingerprint density at radius 2 is 2.21 bits per heavy atom. The second-order valence-electron chi connectivity index (χ2n) is 6.14. The second kappa shape index (κ2) is 6.42. The van der Waals surface area contributed by atoms with Gasteiger partial charge in [0.15, 0.2) is 0 Å². The highest BCUT2D eigenvalue weighted by Gasteiger charge is 2.32. The quantitative estimate of drug-likeness (QED) is 0.783. The van der Waals surface area contributed by atoms with E-state index in [9.17, 15) is 0 Å². The van der Waals surface area contributed by atoms with E-state index in [0.717, 1.165) is 42.0 Å². The molecule has 5 nitrogen and oxygen atoms in total. The van der Waals surface area contributed by atoms with E-state index in [2.05, 4.69) is 15.3 Å². The molecule has 2 atom stereocenters. The summed E-state index contributed by atoms with van der Waals surface area (Å²) in [6.07, 6.45) is 6.66. The molecule has 1 aliphatic rings. The minimum absolute atomic E-state index is 0.0363. The van der Waals surface area contributed by atoms with Crippen molar-refractivity contribution in [2.45, 2.75) is 12.5 Å². The highest BCUT2D eigenvalue weighted by Crippen LogP contribution is 2.34. The topological polar surface area (TPSA) is 52.0 Å². The Morgan fingerprint density at radius 3 is 3.04 bits per heavy atom. The van der Waals surface area contributed by atoms with Gasteiger partial charge in [-0.2, -0.15) is 0 Å². The van der Waals surface area contributed by atoms with E-state index in [1.165, 1.54) is 0 Å². The van der Waals surface area contributed by atoms with Crippen LogP contribution in [-0.4, -0.2) is 27.7 Å². The van der Waals surface area contributed by atoms with Crippen LogP contribution in [0.5, 0.6) is 0 Å². The van der Waals surface area contributed by atoms with Gasteiger partial charge >= 0.3 is 0 Å². The zero-order valence-electron chi connectivity index (χ0n) is 13.4. The van der Waals surface area contributed by atoms with Crippen LogP contribution in [0.4, 0.5) is 5.69 Å². The molecule has 0 bridgehead atoms. The predicted molar refractivity (Wildman–Crippen MR) is 95.3 cm³/mol. The van der Waals surface area contributed by atoms with Gasteiger partial charge in [0.05, 0.1) is 5.52 Å². The lowest BCUT2D eigenvalue weighted by molar-refractivity contribution is 0.0839. The number of pyridine rings is 1. The Morgan fingerprint density at radius 1 is 1.29 bits per heavy atom. The summed E-state index contributed by atoms with van der Waals surface area (Å²) in [5.74, 6) is 1.37. The van der Waals surface area contributed by atoms with Crippen molar-refractivity contribution in [1.29, 1.82) is 0 Å². The number of nitrogens with zero attached hydrogens (tertiary/aromatic N) is 3. The van der Waals surface area contributed by atoms with Crippen LogP contribution in [0.15, 0.2) is 42.9 Å². The fourth-order valence-electron chi connectivity index (χ4n) is 3.29. The average Bonchev–Trinajstić information content (AvgIpc) is 3.21. The minimum Gasteiger partial charge on any atom is -0.384 e. The van der Waals surface area contributed by atoms with E-state index in [1.807, 2.05) is 54.5 Å². The number of ether oxygens (including phenoxy) is 1. The van der Waals surface area contributed by atoms with Crippen LogP contribution in [0, 0.1) is 5.92 Å². The molecule has 0 radical (unpaired) electrons. The summed E-state index contributed by atoms with van der Waals surface area (Å²) >= 11 is 6.14. The van der Waals surface area contributed by atoms with Gasteiger partial charge in [0.2, 0.25) is 0 Å². The van der Waals surface area contributed by atoms with Gasteiger partial charge in [0.1, 0.15) is 11.9 Å². The molecule has 1 fully saturated rings. The van der Waals surface area contributed by atoms with Gasteiger partial charge in [-0.3, -0.25) is 4.98 Å². The number of hydrogen-bond acceptors (Lipinski definition) is 4. The van der Waals surface area contributed by atoms with Crippen LogP contribution in [-0.2, 0) is 11.8 Å². The molecular weight excluding hydrogens is 324 g/mol. The largest absolute Gasteiger partial charge is 0.384 e. The van der Waals surface area contributed by atoms with Crippen LogP contribution in [0.1, 0.15) is 18.3 Å². The summed E-state index contributed by atoms with van der Waals surface area (Å²) in [5.41, 5.74) is 1.99. The molecule has 24 heavy (non-hydrogen) atoms. The number of aromatic nitrogens is 3. The molecule has 0 unspecified atom stereocenters. The van der Waals surface area contributed by atoms with Crippen LogP contribution in [0.3, 0.4) is 0 Å². The van der Waals surface area contributed by atoms with E-state index >= 15 is 0 Å². The highest BCUT2D eigenvalue weighted by atomic mass is 35.5. The standard InChI is InChI=1S/C18H19ClN4O/c1-23-8-7-21-18(23)17-12(5-9-24-17)11-22-16-4-6-20-15-3-2-13(19)10-14(15)16/h2-4,6-8,10,12,17H,5,9,11H2,1H3,(H,20,22)/t12-,17+/m0/s1. The molecule has 0 aliphatic carbocycles. The number of rotatable bonds is 4. The van der Waals surface area contributed by atoms with Crippen molar-refractivity contribution < 1.29 is 4.74 Å². The molecule has 1 aliphatic heterocycles. The third-order valence-corrected chi connectivity index (χ3v) is 4.82. The van der Waals surface area contributed by atoms with Crippen molar-refractivity contribution in [3.63, 3.8) is 0 Å². The minimum atomic E-state index is 0.0363. The number of benzene rings is 1. The maximum Gasteiger partial charge on any atom is 0.138 e. The lowest BCUT2D eigenvalue weighted by atomic mass is 10.0. The smallest absolute Gasteiger partial charge is 0.138 e. The maximum absolute atomic E-state index is 6.14. The molecule has 2 aromatic heterocycles. The number of halogens is 1. The van der Waals surface area contributed by atoms with Crippen molar-refractivity contribution in [3.8, 4) is 0 Å². The Bertz CT molecular complexity index is 863. The Balaban J connectivity index is 1.54. The van der Waals surface area contributed by atoms with Crippen LogP contribution >= 0.6 is 11.6 Å². The first-order chi connectivity index (χ1) is 11.7. The Kier molecular flexibility index (Phi) is 4.12. The van der Waals surface area contributed by atoms with E-state index in [0.29, 0.717) is 10.9 Å². The molecule has 3 heterocycles. The third-order valence-electron chi connectivity index (χ3n) is 4.59. The summed E-state index contributed by atoms with van der Waals surface area (Å²) in [4.78, 5) is 8.84. The van der Waals surface area contributed by atoms with Gasteiger partial charge in [0.25, 0.3) is 0 Å². The first kappa shape index (κ1) is 15.4. The summed E-state index contributed by atoms with van der Waals surface area (Å²) in [7, 11) is 2.01. The number of hydrogen-bond donors (Lipinski definition) is 1. The van der Waals surface area contributed by atoms with Gasteiger partial charge in [0, 0.05) is 60.8 Å². The fraction of sp³-hybridized carbons (Fsp3) is 0.333. The summed E-state index contributed by atoms with van der Waals surface area (Å²) in [5, 5.41) is 5.31. The molecule has 1 aromatic carbocycles.